The second-order valence-electron chi connectivity index (χ2n) is 6.76. The zero-order valence-corrected chi connectivity index (χ0v) is 14.5. The first-order chi connectivity index (χ1) is 12.7. The predicted molar refractivity (Wildman–Crippen MR) is 98.6 cm³/mol. The number of aliphatic carboxylic acids is 1. The largest absolute Gasteiger partial charge is 0.480 e. The quantitative estimate of drug-likeness (QED) is 0.771. The van der Waals surface area contributed by atoms with Gasteiger partial charge in [-0.05, 0) is 34.7 Å². The maximum atomic E-state index is 11.8. The third-order valence-corrected chi connectivity index (χ3v) is 4.91. The Balaban J connectivity index is 1.54. The molecule has 4 rings (SSSR count). The average molecular weight is 347 g/mol. The van der Waals surface area contributed by atoms with Crippen molar-refractivity contribution in [3.8, 4) is 0 Å². The van der Waals surface area contributed by atoms with Gasteiger partial charge in [0.1, 0.15) is 6.04 Å². The van der Waals surface area contributed by atoms with Gasteiger partial charge in [-0.15, -0.1) is 0 Å². The highest BCUT2D eigenvalue weighted by Gasteiger charge is 2.31. The molecule has 5 heteroatoms. The lowest BCUT2D eigenvalue weighted by molar-refractivity contribution is -0.144. The number of hydrogen-bond acceptors (Lipinski definition) is 3. The minimum Gasteiger partial charge on any atom is -0.480 e. The number of carboxylic acid groups (broad SMARTS) is 1. The highest BCUT2D eigenvalue weighted by atomic mass is 16.4. The fourth-order valence-electron chi connectivity index (χ4n) is 3.63. The lowest BCUT2D eigenvalue weighted by Crippen LogP contribution is -2.45. The van der Waals surface area contributed by atoms with E-state index in [0.29, 0.717) is 26.1 Å². The van der Waals surface area contributed by atoms with Crippen LogP contribution < -0.4 is 0 Å². The molecule has 3 aromatic rings. The van der Waals surface area contributed by atoms with Crippen molar-refractivity contribution < 1.29 is 9.90 Å². The van der Waals surface area contributed by atoms with E-state index < -0.39 is 12.0 Å². The van der Waals surface area contributed by atoms with Crippen molar-refractivity contribution in [3.63, 3.8) is 0 Å². The van der Waals surface area contributed by atoms with E-state index in [2.05, 4.69) is 34.3 Å². The van der Waals surface area contributed by atoms with Gasteiger partial charge in [0.2, 0.25) is 0 Å². The van der Waals surface area contributed by atoms with E-state index in [-0.39, 0.29) is 0 Å². The maximum absolute atomic E-state index is 11.8. The maximum Gasteiger partial charge on any atom is 0.321 e. The Kier molecular flexibility index (Phi) is 4.54. The second kappa shape index (κ2) is 7.14. The van der Waals surface area contributed by atoms with Gasteiger partial charge < -0.3 is 5.11 Å². The summed E-state index contributed by atoms with van der Waals surface area (Å²) in [5, 5.41) is 13.9. The van der Waals surface area contributed by atoms with Gasteiger partial charge in [-0.25, -0.2) is 0 Å². The van der Waals surface area contributed by atoms with Crippen LogP contribution >= 0.6 is 0 Å². The highest BCUT2D eigenvalue weighted by Crippen LogP contribution is 2.25. The van der Waals surface area contributed by atoms with Gasteiger partial charge in [0, 0.05) is 25.5 Å². The van der Waals surface area contributed by atoms with Gasteiger partial charge in [0.05, 0.1) is 6.54 Å². The topological polar surface area (TPSA) is 58.4 Å². The van der Waals surface area contributed by atoms with Crippen LogP contribution in [0.5, 0.6) is 0 Å². The Bertz CT molecular complexity index is 905. The monoisotopic (exact) mass is 347 g/mol. The molecule has 1 aliphatic heterocycles. The number of benzene rings is 2. The zero-order chi connectivity index (χ0) is 17.9. The summed E-state index contributed by atoms with van der Waals surface area (Å²) >= 11 is 0. The van der Waals surface area contributed by atoms with Crippen molar-refractivity contribution in [2.24, 2.45) is 0 Å². The fraction of sp³-hybridized carbons (Fsp3) is 0.238. The normalized spacial score (nSPS) is 17.0. The summed E-state index contributed by atoms with van der Waals surface area (Å²) < 4.78 is 1.89. The first-order valence-electron chi connectivity index (χ1n) is 8.78. The first kappa shape index (κ1) is 16.5. The fourth-order valence-corrected chi connectivity index (χ4v) is 3.63. The minimum atomic E-state index is -0.757. The minimum absolute atomic E-state index is 0.486. The average Bonchev–Trinajstić information content (AvgIpc) is 3.14. The van der Waals surface area contributed by atoms with Crippen LogP contribution in [0.3, 0.4) is 0 Å². The standard InChI is InChI=1S/C21H21N3O2/c25-21(26)20-12-18-7-1-2-8-19(18)15-23(20)13-16-5-3-6-17(11-16)14-24-10-4-9-22-24/h1-11,20H,12-15H2,(H,25,26). The summed E-state index contributed by atoms with van der Waals surface area (Å²) in [6.45, 7) is 2.00. The lowest BCUT2D eigenvalue weighted by Gasteiger charge is -2.34. The van der Waals surface area contributed by atoms with E-state index in [1.54, 1.807) is 6.20 Å². The molecule has 0 bridgehead atoms. The Labute approximate surface area is 152 Å². The number of aromatic nitrogens is 2. The smallest absolute Gasteiger partial charge is 0.321 e. The van der Waals surface area contributed by atoms with E-state index in [9.17, 15) is 9.90 Å². The number of rotatable bonds is 5. The molecule has 0 amide bonds. The van der Waals surface area contributed by atoms with E-state index in [1.807, 2.05) is 41.2 Å². The Hall–Kier alpha value is -2.92. The molecule has 2 aromatic carbocycles. The van der Waals surface area contributed by atoms with Crippen LogP contribution in [0, 0.1) is 0 Å². The van der Waals surface area contributed by atoms with Crippen LogP contribution in [0.4, 0.5) is 0 Å². The van der Waals surface area contributed by atoms with Crippen molar-refractivity contribution in [3.05, 3.63) is 89.2 Å². The molecule has 0 radical (unpaired) electrons. The summed E-state index contributed by atoms with van der Waals surface area (Å²) in [5.74, 6) is -0.757. The van der Waals surface area contributed by atoms with Gasteiger partial charge >= 0.3 is 5.97 Å². The summed E-state index contributed by atoms with van der Waals surface area (Å²) in [6.07, 6.45) is 4.26. The molecule has 1 aromatic heterocycles. The third-order valence-electron chi connectivity index (χ3n) is 4.91. The first-order valence-corrected chi connectivity index (χ1v) is 8.78. The van der Waals surface area contributed by atoms with Crippen LogP contribution in [0.1, 0.15) is 22.3 Å². The molecular formula is C21H21N3O2. The van der Waals surface area contributed by atoms with Gasteiger partial charge in [0.25, 0.3) is 0 Å². The molecule has 0 spiro atoms. The van der Waals surface area contributed by atoms with Gasteiger partial charge in [-0.1, -0.05) is 48.5 Å². The van der Waals surface area contributed by atoms with Crippen molar-refractivity contribution in [1.82, 2.24) is 14.7 Å². The van der Waals surface area contributed by atoms with E-state index in [4.69, 9.17) is 0 Å². The molecule has 0 fully saturated rings. The van der Waals surface area contributed by atoms with Crippen LogP contribution in [0.15, 0.2) is 67.0 Å². The predicted octanol–water partition coefficient (Wildman–Crippen LogP) is 2.94. The third kappa shape index (κ3) is 3.53. The van der Waals surface area contributed by atoms with Crippen molar-refractivity contribution in [1.29, 1.82) is 0 Å². The molecule has 0 saturated heterocycles. The molecule has 1 aliphatic rings. The van der Waals surface area contributed by atoms with Crippen molar-refractivity contribution >= 4 is 5.97 Å². The second-order valence-corrected chi connectivity index (χ2v) is 6.76. The molecule has 26 heavy (non-hydrogen) atoms. The number of fused-ring (bicyclic) bond motifs is 1. The summed E-state index contributed by atoms with van der Waals surface area (Å²) in [4.78, 5) is 13.8. The molecule has 0 aliphatic carbocycles. The molecule has 5 nitrogen and oxygen atoms in total. The number of hydrogen-bond donors (Lipinski definition) is 1. The molecule has 0 saturated carbocycles. The molecule has 1 atom stereocenters. The number of nitrogens with zero attached hydrogens (tertiary/aromatic N) is 3. The van der Waals surface area contributed by atoms with Crippen LogP contribution in [0.25, 0.3) is 0 Å². The molecule has 132 valence electrons. The van der Waals surface area contributed by atoms with Crippen LogP contribution in [-0.4, -0.2) is 31.8 Å². The van der Waals surface area contributed by atoms with E-state index in [1.165, 1.54) is 5.56 Å². The van der Waals surface area contributed by atoms with Crippen LogP contribution in [0.2, 0.25) is 0 Å². The molecular weight excluding hydrogens is 326 g/mol. The van der Waals surface area contributed by atoms with Gasteiger partial charge in [-0.2, -0.15) is 5.10 Å². The Morgan fingerprint density at radius 1 is 1.04 bits per heavy atom. The van der Waals surface area contributed by atoms with Crippen molar-refractivity contribution in [2.45, 2.75) is 32.1 Å². The lowest BCUT2D eigenvalue weighted by atomic mass is 9.93. The molecule has 1 unspecified atom stereocenters. The summed E-state index contributed by atoms with van der Waals surface area (Å²) in [6, 6.07) is 17.9. The summed E-state index contributed by atoms with van der Waals surface area (Å²) in [7, 11) is 0. The Morgan fingerprint density at radius 2 is 1.81 bits per heavy atom. The summed E-state index contributed by atoms with van der Waals surface area (Å²) in [5.41, 5.74) is 4.65. The SMILES string of the molecule is O=C(O)C1Cc2ccccc2CN1Cc1cccc(Cn2cccn2)c1. The number of carboxylic acids is 1. The zero-order valence-electron chi connectivity index (χ0n) is 14.5. The van der Waals surface area contributed by atoms with E-state index in [0.717, 1.165) is 16.7 Å². The number of carbonyl (C=O) groups is 1. The highest BCUT2D eigenvalue weighted by molar-refractivity contribution is 5.74. The Morgan fingerprint density at radius 3 is 2.54 bits per heavy atom. The molecule has 2 heterocycles. The van der Waals surface area contributed by atoms with Gasteiger partial charge in [-0.3, -0.25) is 14.4 Å². The van der Waals surface area contributed by atoms with Gasteiger partial charge in [0.15, 0.2) is 0 Å². The molecule has 1 N–H and O–H groups in total. The van der Waals surface area contributed by atoms with Crippen molar-refractivity contribution in [2.75, 3.05) is 0 Å². The van der Waals surface area contributed by atoms with E-state index >= 15 is 0 Å². The van der Waals surface area contributed by atoms with Crippen LogP contribution in [-0.2, 0) is 30.8 Å².